The molecular formula is C24H26F2N6O2. The predicted octanol–water partition coefficient (Wildman–Crippen LogP) is 2.42. The molecule has 34 heavy (non-hydrogen) atoms. The molecule has 1 aromatic carbocycles. The molecule has 0 aliphatic carbocycles. The zero-order chi connectivity index (χ0) is 24.1. The molecule has 0 unspecified atom stereocenters. The molecule has 0 bridgehead atoms. The standard InChI is InChI=1S/C24H26F2N6O2/c1-28-4-2-15-10-17(25)22(18(26)11-15)19-14-30-24(27)23(31-19)21(33)12-16-13-29-5-3-20(16)32-6-8-34-9-7-32/h3,5,10-11,13-14,28H,2,4,6-9,12H2,1H3,(H2,27,30). The first-order chi connectivity index (χ1) is 16.5. The van der Waals surface area contributed by atoms with Gasteiger partial charge in [0, 0.05) is 43.2 Å². The number of ketones is 1. The Morgan fingerprint density at radius 2 is 1.94 bits per heavy atom. The SMILES string of the molecule is CNCCc1cc(F)c(-c2cnc(N)c(C(=O)Cc3cnccc3N3CCOCC3)n2)c(F)c1. The van der Waals surface area contributed by atoms with E-state index in [1.165, 1.54) is 18.3 Å². The number of Topliss-reactive ketones (excluding diaryl/α,β-unsaturated/α-hetero) is 1. The minimum absolute atomic E-state index is 0.0310. The summed E-state index contributed by atoms with van der Waals surface area (Å²) in [7, 11) is 1.76. The Labute approximate surface area is 196 Å². The Bertz CT molecular complexity index is 1160. The van der Waals surface area contributed by atoms with Crippen LogP contribution in [-0.2, 0) is 17.6 Å². The monoisotopic (exact) mass is 468 g/mol. The highest BCUT2D eigenvalue weighted by atomic mass is 19.1. The highest BCUT2D eigenvalue weighted by molar-refractivity contribution is 6.00. The van der Waals surface area contributed by atoms with Crippen molar-refractivity contribution >= 4 is 17.3 Å². The molecule has 2 aromatic heterocycles. The molecule has 4 rings (SSSR count). The van der Waals surface area contributed by atoms with E-state index in [1.54, 1.807) is 19.4 Å². The number of nitrogens with one attached hydrogen (secondary N) is 1. The van der Waals surface area contributed by atoms with Gasteiger partial charge in [0.1, 0.15) is 17.3 Å². The molecule has 0 saturated carbocycles. The van der Waals surface area contributed by atoms with Crippen LogP contribution < -0.4 is 16.0 Å². The number of carbonyl (C=O) groups is 1. The molecule has 0 atom stereocenters. The minimum Gasteiger partial charge on any atom is -0.382 e. The van der Waals surface area contributed by atoms with Gasteiger partial charge in [-0.3, -0.25) is 9.78 Å². The number of pyridine rings is 1. The van der Waals surface area contributed by atoms with Crippen LogP contribution in [0.5, 0.6) is 0 Å². The Morgan fingerprint density at radius 3 is 2.65 bits per heavy atom. The van der Waals surface area contributed by atoms with Crippen LogP contribution in [-0.4, -0.2) is 60.6 Å². The number of ether oxygens (including phenoxy) is 1. The van der Waals surface area contributed by atoms with Gasteiger partial charge in [-0.2, -0.15) is 0 Å². The summed E-state index contributed by atoms with van der Waals surface area (Å²) in [6, 6.07) is 4.37. The van der Waals surface area contributed by atoms with Crippen molar-refractivity contribution in [2.24, 2.45) is 0 Å². The zero-order valence-corrected chi connectivity index (χ0v) is 18.9. The van der Waals surface area contributed by atoms with Gasteiger partial charge < -0.3 is 20.7 Å². The van der Waals surface area contributed by atoms with E-state index < -0.39 is 17.4 Å². The number of morpholine rings is 1. The second kappa shape index (κ2) is 10.6. The van der Waals surface area contributed by atoms with Gasteiger partial charge >= 0.3 is 0 Å². The van der Waals surface area contributed by atoms with Gasteiger partial charge in [-0.05, 0) is 43.8 Å². The summed E-state index contributed by atoms with van der Waals surface area (Å²) in [4.78, 5) is 27.6. The van der Waals surface area contributed by atoms with Crippen LogP contribution in [0.1, 0.15) is 21.6 Å². The van der Waals surface area contributed by atoms with E-state index in [0.717, 1.165) is 5.69 Å². The molecule has 1 saturated heterocycles. The number of hydrogen-bond acceptors (Lipinski definition) is 8. The maximum atomic E-state index is 14.8. The molecule has 0 amide bonds. The number of likely N-dealkylation sites (N-methyl/N-ethyl adjacent to an activating group) is 1. The third-order valence-electron chi connectivity index (χ3n) is 5.67. The first kappa shape index (κ1) is 23.7. The van der Waals surface area contributed by atoms with Crippen LogP contribution >= 0.6 is 0 Å². The van der Waals surface area contributed by atoms with Crippen molar-refractivity contribution in [2.45, 2.75) is 12.8 Å². The Hall–Kier alpha value is -3.50. The van der Waals surface area contributed by atoms with E-state index in [-0.39, 0.29) is 29.2 Å². The molecule has 178 valence electrons. The van der Waals surface area contributed by atoms with Crippen molar-refractivity contribution in [2.75, 3.05) is 50.5 Å². The lowest BCUT2D eigenvalue weighted by Crippen LogP contribution is -2.37. The van der Waals surface area contributed by atoms with Gasteiger partial charge in [0.05, 0.1) is 30.7 Å². The Kier molecular flexibility index (Phi) is 7.39. The number of nitrogens with two attached hydrogens (primary N) is 1. The number of nitrogens with zero attached hydrogens (tertiary/aromatic N) is 4. The van der Waals surface area contributed by atoms with Gasteiger partial charge in [0.2, 0.25) is 0 Å². The fraction of sp³-hybridized carbons (Fsp3) is 0.333. The third-order valence-corrected chi connectivity index (χ3v) is 5.67. The number of anilines is 2. The van der Waals surface area contributed by atoms with Gasteiger partial charge in [-0.15, -0.1) is 0 Å². The first-order valence-electron chi connectivity index (χ1n) is 11.0. The van der Waals surface area contributed by atoms with Crippen LogP contribution in [0.15, 0.2) is 36.8 Å². The maximum Gasteiger partial charge on any atom is 0.189 e. The fourth-order valence-corrected chi connectivity index (χ4v) is 3.93. The number of nitrogen functional groups attached to an aromatic ring is 1. The lowest BCUT2D eigenvalue weighted by atomic mass is 10.0. The molecule has 3 N–H and O–H groups in total. The predicted molar refractivity (Wildman–Crippen MR) is 125 cm³/mol. The molecule has 0 spiro atoms. The van der Waals surface area contributed by atoms with Crippen LogP contribution in [0, 0.1) is 11.6 Å². The normalized spacial score (nSPS) is 13.8. The van der Waals surface area contributed by atoms with Crippen molar-refractivity contribution in [3.63, 3.8) is 0 Å². The number of aromatic nitrogens is 3. The number of rotatable bonds is 8. The van der Waals surface area contributed by atoms with Gasteiger partial charge in [-0.1, -0.05) is 0 Å². The molecule has 3 heterocycles. The molecule has 1 aliphatic heterocycles. The maximum absolute atomic E-state index is 14.8. The van der Waals surface area contributed by atoms with E-state index >= 15 is 0 Å². The summed E-state index contributed by atoms with van der Waals surface area (Å²) in [6.45, 7) is 3.18. The summed E-state index contributed by atoms with van der Waals surface area (Å²) in [6.07, 6.45) is 4.90. The highest BCUT2D eigenvalue weighted by Crippen LogP contribution is 2.28. The molecule has 10 heteroatoms. The average molecular weight is 469 g/mol. The lowest BCUT2D eigenvalue weighted by Gasteiger charge is -2.30. The second-order valence-electron chi connectivity index (χ2n) is 7.98. The van der Waals surface area contributed by atoms with E-state index in [1.807, 2.05) is 6.07 Å². The average Bonchev–Trinajstić information content (AvgIpc) is 2.84. The Balaban J connectivity index is 1.62. The quantitative estimate of drug-likeness (QED) is 0.486. The van der Waals surface area contributed by atoms with Crippen LogP contribution in [0.25, 0.3) is 11.3 Å². The summed E-state index contributed by atoms with van der Waals surface area (Å²) >= 11 is 0. The van der Waals surface area contributed by atoms with Crippen molar-refractivity contribution < 1.29 is 18.3 Å². The number of benzene rings is 1. The molecule has 1 fully saturated rings. The molecule has 3 aromatic rings. The molecular weight excluding hydrogens is 442 g/mol. The summed E-state index contributed by atoms with van der Waals surface area (Å²) in [5.74, 6) is -2.06. The largest absolute Gasteiger partial charge is 0.382 e. The van der Waals surface area contributed by atoms with E-state index in [2.05, 4.69) is 25.2 Å². The number of carbonyl (C=O) groups excluding carboxylic acids is 1. The van der Waals surface area contributed by atoms with E-state index in [4.69, 9.17) is 10.5 Å². The highest BCUT2D eigenvalue weighted by Gasteiger charge is 2.22. The van der Waals surface area contributed by atoms with Crippen molar-refractivity contribution in [1.82, 2.24) is 20.3 Å². The molecule has 1 aliphatic rings. The lowest BCUT2D eigenvalue weighted by molar-refractivity contribution is 0.0988. The van der Waals surface area contributed by atoms with Crippen LogP contribution in [0.4, 0.5) is 20.3 Å². The topological polar surface area (TPSA) is 106 Å². The van der Waals surface area contributed by atoms with Crippen molar-refractivity contribution in [1.29, 1.82) is 0 Å². The summed E-state index contributed by atoms with van der Waals surface area (Å²) in [5, 5.41) is 2.94. The van der Waals surface area contributed by atoms with Crippen molar-refractivity contribution in [3.8, 4) is 11.3 Å². The Morgan fingerprint density at radius 1 is 1.21 bits per heavy atom. The fourth-order valence-electron chi connectivity index (χ4n) is 3.93. The minimum atomic E-state index is -0.773. The van der Waals surface area contributed by atoms with E-state index in [9.17, 15) is 13.6 Å². The van der Waals surface area contributed by atoms with Crippen LogP contribution in [0.3, 0.4) is 0 Å². The van der Waals surface area contributed by atoms with Gasteiger partial charge in [-0.25, -0.2) is 18.7 Å². The van der Waals surface area contributed by atoms with Gasteiger partial charge in [0.15, 0.2) is 11.6 Å². The van der Waals surface area contributed by atoms with E-state index in [0.29, 0.717) is 50.4 Å². The van der Waals surface area contributed by atoms with Crippen molar-refractivity contribution in [3.05, 3.63) is 65.2 Å². The molecule has 0 radical (unpaired) electrons. The smallest absolute Gasteiger partial charge is 0.189 e. The van der Waals surface area contributed by atoms with Crippen LogP contribution in [0.2, 0.25) is 0 Å². The summed E-state index contributed by atoms with van der Waals surface area (Å²) in [5.41, 5.74) is 7.45. The zero-order valence-electron chi connectivity index (χ0n) is 18.9. The second-order valence-corrected chi connectivity index (χ2v) is 7.98. The third kappa shape index (κ3) is 5.18. The molecule has 8 nitrogen and oxygen atoms in total. The van der Waals surface area contributed by atoms with Gasteiger partial charge in [0.25, 0.3) is 0 Å². The number of halogens is 2. The summed E-state index contributed by atoms with van der Waals surface area (Å²) < 4.78 is 35.0. The first-order valence-corrected chi connectivity index (χ1v) is 11.0. The number of hydrogen-bond donors (Lipinski definition) is 2.